The van der Waals surface area contributed by atoms with Gasteiger partial charge in [-0.3, -0.25) is 4.79 Å². The van der Waals surface area contributed by atoms with Crippen LogP contribution in [0.4, 0.5) is 5.69 Å². The van der Waals surface area contributed by atoms with Gasteiger partial charge in [0.2, 0.25) is 11.1 Å². The Morgan fingerprint density at radius 2 is 2.04 bits per heavy atom. The van der Waals surface area contributed by atoms with E-state index in [4.69, 9.17) is 4.98 Å². The average molecular weight is 383 g/mol. The Morgan fingerprint density at radius 3 is 2.78 bits per heavy atom. The molecule has 2 atom stereocenters. The Hall–Kier alpha value is -1.95. The first-order valence-electron chi connectivity index (χ1n) is 9.47. The lowest BCUT2D eigenvalue weighted by molar-refractivity contribution is -0.113. The summed E-state index contributed by atoms with van der Waals surface area (Å²) in [7, 11) is 0. The van der Waals surface area contributed by atoms with Crippen molar-refractivity contribution in [2.45, 2.75) is 63.9 Å². The highest BCUT2D eigenvalue weighted by Crippen LogP contribution is 2.66. The van der Waals surface area contributed by atoms with E-state index < -0.39 is 0 Å². The molecule has 1 amide bonds. The molecule has 2 bridgehead atoms. The number of hydrogen-bond acceptors (Lipinski definition) is 5. The van der Waals surface area contributed by atoms with Gasteiger partial charge >= 0.3 is 0 Å². The third-order valence-electron chi connectivity index (χ3n) is 6.76. The molecular formula is C21H26N4OS. The highest BCUT2D eigenvalue weighted by molar-refractivity contribution is 7.99. The van der Waals surface area contributed by atoms with Crippen molar-refractivity contribution in [3.8, 4) is 0 Å². The van der Waals surface area contributed by atoms with Crippen LogP contribution in [-0.4, -0.2) is 26.8 Å². The van der Waals surface area contributed by atoms with Crippen LogP contribution in [0.5, 0.6) is 0 Å². The first kappa shape index (κ1) is 18.4. The molecule has 1 aromatic heterocycles. The van der Waals surface area contributed by atoms with Gasteiger partial charge in [-0.2, -0.15) is 5.10 Å². The van der Waals surface area contributed by atoms with Crippen molar-refractivity contribution in [3.05, 3.63) is 40.7 Å². The largest absolute Gasteiger partial charge is 0.325 e. The Bertz CT molecular complexity index is 926. The van der Waals surface area contributed by atoms with Gasteiger partial charge in [0, 0.05) is 17.0 Å². The fourth-order valence-electron chi connectivity index (χ4n) is 4.69. The molecule has 4 rings (SSSR count). The van der Waals surface area contributed by atoms with Crippen molar-refractivity contribution in [2.24, 2.45) is 5.41 Å². The number of aromatic nitrogens is 3. The first-order chi connectivity index (χ1) is 12.7. The van der Waals surface area contributed by atoms with Crippen molar-refractivity contribution < 1.29 is 4.79 Å². The lowest BCUT2D eigenvalue weighted by Gasteiger charge is -2.33. The molecule has 2 aromatic rings. The number of carbonyl (C=O) groups excluding carboxylic acids is 1. The number of rotatable bonds is 4. The number of anilines is 1. The number of nitrogens with one attached hydrogen (secondary N) is 1. The van der Waals surface area contributed by atoms with E-state index in [1.54, 1.807) is 0 Å². The highest BCUT2D eigenvalue weighted by Gasteiger charge is 2.61. The second kappa shape index (κ2) is 6.30. The minimum Gasteiger partial charge on any atom is -0.325 e. The summed E-state index contributed by atoms with van der Waals surface area (Å²) in [4.78, 5) is 17.2. The summed E-state index contributed by atoms with van der Waals surface area (Å²) in [5.74, 6) is 0.672. The maximum absolute atomic E-state index is 12.3. The monoisotopic (exact) mass is 382 g/mol. The fraction of sp³-hybridized carbons (Fsp3) is 0.524. The number of thioether (sulfide) groups is 1. The van der Waals surface area contributed by atoms with E-state index >= 15 is 0 Å². The molecule has 27 heavy (non-hydrogen) atoms. The molecule has 1 heterocycles. The summed E-state index contributed by atoms with van der Waals surface area (Å²) in [6.07, 6.45) is 2.31. The second-order valence-electron chi connectivity index (χ2n) is 8.63. The van der Waals surface area contributed by atoms with E-state index in [9.17, 15) is 4.79 Å². The van der Waals surface area contributed by atoms with E-state index in [1.807, 2.05) is 26.0 Å². The SMILES string of the molecule is Cc1ccc(NC(=O)CSc2nnc3c(n2)[C@]2(C)CC[C@@H]3C2(C)C)c(C)c1. The van der Waals surface area contributed by atoms with Crippen LogP contribution < -0.4 is 5.32 Å². The molecule has 0 radical (unpaired) electrons. The van der Waals surface area contributed by atoms with Crippen LogP contribution in [0, 0.1) is 19.3 Å². The first-order valence-corrected chi connectivity index (χ1v) is 10.5. The molecule has 1 N–H and O–H groups in total. The summed E-state index contributed by atoms with van der Waals surface area (Å²) in [6.45, 7) is 11.0. The van der Waals surface area contributed by atoms with E-state index in [0.29, 0.717) is 11.1 Å². The number of benzene rings is 1. The van der Waals surface area contributed by atoms with E-state index in [2.05, 4.69) is 42.4 Å². The van der Waals surface area contributed by atoms with Gasteiger partial charge in [-0.1, -0.05) is 50.2 Å². The van der Waals surface area contributed by atoms with Crippen molar-refractivity contribution in [1.82, 2.24) is 15.2 Å². The maximum atomic E-state index is 12.3. The van der Waals surface area contributed by atoms with E-state index in [1.165, 1.54) is 17.3 Å². The zero-order chi connectivity index (χ0) is 19.4. The van der Waals surface area contributed by atoms with Gasteiger partial charge in [0.15, 0.2) is 0 Å². The lowest BCUT2D eigenvalue weighted by atomic mass is 9.70. The quantitative estimate of drug-likeness (QED) is 0.794. The smallest absolute Gasteiger partial charge is 0.234 e. The van der Waals surface area contributed by atoms with Crippen molar-refractivity contribution in [3.63, 3.8) is 0 Å². The molecule has 0 spiro atoms. The minimum absolute atomic E-state index is 0.0517. The molecule has 0 saturated heterocycles. The highest BCUT2D eigenvalue weighted by atomic mass is 32.2. The van der Waals surface area contributed by atoms with Crippen LogP contribution in [0.2, 0.25) is 0 Å². The van der Waals surface area contributed by atoms with E-state index in [0.717, 1.165) is 35.5 Å². The molecule has 0 aliphatic heterocycles. The van der Waals surface area contributed by atoms with Gasteiger partial charge in [0.05, 0.1) is 17.1 Å². The van der Waals surface area contributed by atoms with Crippen molar-refractivity contribution in [2.75, 3.05) is 11.1 Å². The molecular weight excluding hydrogens is 356 g/mol. The third kappa shape index (κ3) is 2.85. The fourth-order valence-corrected chi connectivity index (χ4v) is 5.28. The van der Waals surface area contributed by atoms with Crippen LogP contribution in [0.1, 0.15) is 62.0 Å². The van der Waals surface area contributed by atoms with Gasteiger partial charge in [-0.25, -0.2) is 4.98 Å². The average Bonchev–Trinajstić information content (AvgIpc) is 2.94. The number of amides is 1. The molecule has 6 heteroatoms. The zero-order valence-corrected chi connectivity index (χ0v) is 17.4. The summed E-state index contributed by atoms with van der Waals surface area (Å²) >= 11 is 1.35. The van der Waals surface area contributed by atoms with Gasteiger partial charge in [0.1, 0.15) is 0 Å². The summed E-state index contributed by atoms with van der Waals surface area (Å²) in [5.41, 5.74) is 5.48. The normalized spacial score (nSPS) is 24.7. The van der Waals surface area contributed by atoms with Crippen LogP contribution in [0.3, 0.4) is 0 Å². The number of aryl methyl sites for hydroxylation is 2. The molecule has 1 aromatic carbocycles. The Kier molecular flexibility index (Phi) is 4.29. The number of nitrogens with zero attached hydrogens (tertiary/aromatic N) is 3. The Labute approximate surface area is 164 Å². The third-order valence-corrected chi connectivity index (χ3v) is 7.60. The van der Waals surface area contributed by atoms with Crippen LogP contribution in [0.15, 0.2) is 23.4 Å². The predicted octanol–water partition coefficient (Wildman–Crippen LogP) is 4.39. The second-order valence-corrected chi connectivity index (χ2v) is 9.57. The molecule has 0 unspecified atom stereocenters. The van der Waals surface area contributed by atoms with Crippen molar-refractivity contribution >= 4 is 23.4 Å². The number of hydrogen-bond donors (Lipinski definition) is 1. The van der Waals surface area contributed by atoms with Crippen molar-refractivity contribution in [1.29, 1.82) is 0 Å². The summed E-state index contributed by atoms with van der Waals surface area (Å²) in [6, 6.07) is 6.01. The van der Waals surface area contributed by atoms with Crippen LogP contribution in [0.25, 0.3) is 0 Å². The van der Waals surface area contributed by atoms with Gasteiger partial charge in [0.25, 0.3) is 0 Å². The molecule has 1 saturated carbocycles. The number of carbonyl (C=O) groups is 1. The summed E-state index contributed by atoms with van der Waals surface area (Å²) < 4.78 is 0. The van der Waals surface area contributed by atoms with E-state index in [-0.39, 0.29) is 22.5 Å². The maximum Gasteiger partial charge on any atom is 0.234 e. The Balaban J connectivity index is 1.45. The van der Waals surface area contributed by atoms with Gasteiger partial charge < -0.3 is 5.32 Å². The number of fused-ring (bicyclic) bond motifs is 5. The van der Waals surface area contributed by atoms with Gasteiger partial charge in [-0.15, -0.1) is 5.10 Å². The van der Waals surface area contributed by atoms with Crippen LogP contribution in [-0.2, 0) is 10.2 Å². The predicted molar refractivity (Wildman–Crippen MR) is 108 cm³/mol. The molecule has 2 aliphatic carbocycles. The molecule has 1 fully saturated rings. The molecule has 142 valence electrons. The van der Waals surface area contributed by atoms with Crippen LogP contribution >= 0.6 is 11.8 Å². The molecule has 2 aliphatic rings. The Morgan fingerprint density at radius 1 is 1.26 bits per heavy atom. The standard InChI is InChI=1S/C21H26N4OS/c1-12-6-7-15(13(2)10-12)22-16(26)11-27-19-23-18-17(24-25-19)14-8-9-21(18,5)20(14,3)4/h6-7,10,14H,8-9,11H2,1-5H3,(H,22,26)/t14-,21-/m0/s1. The summed E-state index contributed by atoms with van der Waals surface area (Å²) in [5, 5.41) is 12.4. The van der Waals surface area contributed by atoms with Gasteiger partial charge in [-0.05, 0) is 43.7 Å². The topological polar surface area (TPSA) is 67.8 Å². The minimum atomic E-state index is -0.0517. The lowest BCUT2D eigenvalue weighted by Crippen LogP contribution is -2.32. The molecule has 5 nitrogen and oxygen atoms in total. The zero-order valence-electron chi connectivity index (χ0n) is 16.6.